The Bertz CT molecular complexity index is 646. The smallest absolute Gasteiger partial charge is 0.305 e. The van der Waals surface area contributed by atoms with Crippen molar-refractivity contribution in [2.24, 2.45) is 0 Å². The molecular formula is C15H13BrN2O3. The van der Waals surface area contributed by atoms with Crippen LogP contribution in [0, 0.1) is 0 Å². The van der Waals surface area contributed by atoms with Crippen LogP contribution in [0.5, 0.6) is 0 Å². The minimum Gasteiger partial charge on any atom is -0.481 e. The molecular weight excluding hydrogens is 336 g/mol. The standard InChI is InChI=1S/C15H13BrN2O3/c16-12-5-1-3-10(7-12)13(8-14(19)20)18-15(21)11-4-2-6-17-9-11/h1-7,9,13H,8H2,(H,18,21)(H,19,20). The van der Waals surface area contributed by atoms with E-state index in [1.54, 1.807) is 36.5 Å². The van der Waals surface area contributed by atoms with Gasteiger partial charge in [0.2, 0.25) is 0 Å². The lowest BCUT2D eigenvalue weighted by Gasteiger charge is -2.17. The van der Waals surface area contributed by atoms with Gasteiger partial charge in [-0.2, -0.15) is 0 Å². The van der Waals surface area contributed by atoms with Gasteiger partial charge in [-0.3, -0.25) is 14.6 Å². The summed E-state index contributed by atoms with van der Waals surface area (Å²) in [5.74, 6) is -1.33. The maximum atomic E-state index is 12.1. The van der Waals surface area contributed by atoms with Crippen LogP contribution in [-0.4, -0.2) is 22.0 Å². The minimum atomic E-state index is -0.980. The average molecular weight is 349 g/mol. The van der Waals surface area contributed by atoms with E-state index in [1.807, 2.05) is 6.07 Å². The summed E-state index contributed by atoms with van der Waals surface area (Å²) in [6.45, 7) is 0. The number of carbonyl (C=O) groups is 2. The van der Waals surface area contributed by atoms with Gasteiger partial charge in [0.1, 0.15) is 0 Å². The van der Waals surface area contributed by atoms with Gasteiger partial charge in [0.05, 0.1) is 18.0 Å². The molecule has 1 heterocycles. The Balaban J connectivity index is 2.21. The Hall–Kier alpha value is -2.21. The van der Waals surface area contributed by atoms with Crippen LogP contribution < -0.4 is 5.32 Å². The summed E-state index contributed by atoms with van der Waals surface area (Å²) < 4.78 is 0.825. The van der Waals surface area contributed by atoms with E-state index in [4.69, 9.17) is 5.11 Å². The highest BCUT2D eigenvalue weighted by Gasteiger charge is 2.19. The van der Waals surface area contributed by atoms with Crippen molar-refractivity contribution in [3.05, 3.63) is 64.4 Å². The van der Waals surface area contributed by atoms with Crippen molar-refractivity contribution >= 4 is 27.8 Å². The fraction of sp³-hybridized carbons (Fsp3) is 0.133. The first-order valence-corrected chi connectivity index (χ1v) is 7.03. The summed E-state index contributed by atoms with van der Waals surface area (Å²) in [5, 5.41) is 11.8. The maximum Gasteiger partial charge on any atom is 0.305 e. The Labute approximate surface area is 130 Å². The molecule has 0 bridgehead atoms. The molecule has 1 atom stereocenters. The van der Waals surface area contributed by atoms with Gasteiger partial charge in [0, 0.05) is 16.9 Å². The quantitative estimate of drug-likeness (QED) is 0.870. The molecule has 0 aliphatic carbocycles. The number of halogens is 1. The molecule has 0 saturated carbocycles. The van der Waals surface area contributed by atoms with Crippen molar-refractivity contribution in [3.8, 4) is 0 Å². The lowest BCUT2D eigenvalue weighted by molar-refractivity contribution is -0.137. The van der Waals surface area contributed by atoms with Gasteiger partial charge in [0.25, 0.3) is 5.91 Å². The number of carbonyl (C=O) groups excluding carboxylic acids is 1. The number of hydrogen-bond acceptors (Lipinski definition) is 3. The number of aliphatic carboxylic acids is 1. The Morgan fingerprint density at radius 3 is 2.71 bits per heavy atom. The second-order valence-corrected chi connectivity index (χ2v) is 5.34. The highest BCUT2D eigenvalue weighted by Crippen LogP contribution is 2.21. The molecule has 1 amide bonds. The highest BCUT2D eigenvalue weighted by atomic mass is 79.9. The van der Waals surface area contributed by atoms with E-state index in [-0.39, 0.29) is 12.3 Å². The predicted octanol–water partition coefficient (Wildman–Crippen LogP) is 2.79. The van der Waals surface area contributed by atoms with E-state index in [9.17, 15) is 9.59 Å². The van der Waals surface area contributed by atoms with E-state index >= 15 is 0 Å². The molecule has 0 spiro atoms. The van der Waals surface area contributed by atoms with Crippen molar-refractivity contribution in [1.29, 1.82) is 0 Å². The summed E-state index contributed by atoms with van der Waals surface area (Å²) >= 11 is 3.34. The molecule has 6 heteroatoms. The van der Waals surface area contributed by atoms with Gasteiger partial charge < -0.3 is 10.4 Å². The molecule has 0 fully saturated rings. The molecule has 21 heavy (non-hydrogen) atoms. The second-order valence-electron chi connectivity index (χ2n) is 4.42. The van der Waals surface area contributed by atoms with Gasteiger partial charge in [-0.15, -0.1) is 0 Å². The summed E-state index contributed by atoms with van der Waals surface area (Å²) in [5.41, 5.74) is 1.12. The number of amides is 1. The average Bonchev–Trinajstić information content (AvgIpc) is 2.47. The molecule has 5 nitrogen and oxygen atoms in total. The normalized spacial score (nSPS) is 11.7. The van der Waals surface area contributed by atoms with E-state index in [1.165, 1.54) is 6.20 Å². The predicted molar refractivity (Wildman–Crippen MR) is 80.8 cm³/mol. The highest BCUT2D eigenvalue weighted by molar-refractivity contribution is 9.10. The molecule has 2 N–H and O–H groups in total. The van der Waals surface area contributed by atoms with Crippen LogP contribution in [0.1, 0.15) is 28.4 Å². The van der Waals surface area contributed by atoms with E-state index < -0.39 is 12.0 Å². The molecule has 0 aliphatic rings. The lowest BCUT2D eigenvalue weighted by Crippen LogP contribution is -2.30. The fourth-order valence-electron chi connectivity index (χ4n) is 1.89. The molecule has 0 saturated heterocycles. The van der Waals surface area contributed by atoms with E-state index in [0.29, 0.717) is 5.56 Å². The first kappa shape index (κ1) is 15.2. The molecule has 1 unspecified atom stereocenters. The van der Waals surface area contributed by atoms with Gasteiger partial charge in [-0.05, 0) is 29.8 Å². The first-order chi connectivity index (χ1) is 10.1. The number of hydrogen-bond donors (Lipinski definition) is 2. The second kappa shape index (κ2) is 6.99. The largest absolute Gasteiger partial charge is 0.481 e. The SMILES string of the molecule is O=C(O)CC(NC(=O)c1cccnc1)c1cccc(Br)c1. The summed E-state index contributed by atoms with van der Waals surface area (Å²) in [7, 11) is 0. The van der Waals surface area contributed by atoms with Gasteiger partial charge in [-0.1, -0.05) is 28.1 Å². The molecule has 0 aliphatic heterocycles. The first-order valence-electron chi connectivity index (χ1n) is 6.24. The molecule has 1 aromatic heterocycles. The number of aromatic nitrogens is 1. The van der Waals surface area contributed by atoms with Gasteiger partial charge in [-0.25, -0.2) is 0 Å². The number of carboxylic acid groups (broad SMARTS) is 1. The van der Waals surface area contributed by atoms with Crippen LogP contribution in [0.25, 0.3) is 0 Å². The number of pyridine rings is 1. The number of carboxylic acids is 1. The lowest BCUT2D eigenvalue weighted by atomic mass is 10.0. The zero-order valence-corrected chi connectivity index (χ0v) is 12.6. The Morgan fingerprint density at radius 1 is 1.29 bits per heavy atom. The fourth-order valence-corrected chi connectivity index (χ4v) is 2.31. The molecule has 108 valence electrons. The number of benzene rings is 1. The summed E-state index contributed by atoms with van der Waals surface area (Å²) in [4.78, 5) is 27.0. The van der Waals surface area contributed by atoms with Crippen LogP contribution in [0.3, 0.4) is 0 Å². The third-order valence-electron chi connectivity index (χ3n) is 2.86. The van der Waals surface area contributed by atoms with Crippen molar-refractivity contribution in [2.45, 2.75) is 12.5 Å². The minimum absolute atomic E-state index is 0.192. The number of nitrogens with zero attached hydrogens (tertiary/aromatic N) is 1. The van der Waals surface area contributed by atoms with Crippen molar-refractivity contribution in [2.75, 3.05) is 0 Å². The van der Waals surface area contributed by atoms with Crippen molar-refractivity contribution in [1.82, 2.24) is 10.3 Å². The van der Waals surface area contributed by atoms with Crippen LogP contribution in [-0.2, 0) is 4.79 Å². The van der Waals surface area contributed by atoms with Crippen molar-refractivity contribution in [3.63, 3.8) is 0 Å². The van der Waals surface area contributed by atoms with Crippen LogP contribution in [0.4, 0.5) is 0 Å². The zero-order chi connectivity index (χ0) is 15.2. The topological polar surface area (TPSA) is 79.3 Å². The van der Waals surface area contributed by atoms with E-state index in [0.717, 1.165) is 10.0 Å². The van der Waals surface area contributed by atoms with E-state index in [2.05, 4.69) is 26.2 Å². The van der Waals surface area contributed by atoms with Crippen LogP contribution in [0.2, 0.25) is 0 Å². The van der Waals surface area contributed by atoms with Crippen LogP contribution >= 0.6 is 15.9 Å². The molecule has 1 aromatic carbocycles. The van der Waals surface area contributed by atoms with Gasteiger partial charge in [0.15, 0.2) is 0 Å². The number of rotatable bonds is 5. The third kappa shape index (κ3) is 4.39. The third-order valence-corrected chi connectivity index (χ3v) is 3.35. The number of nitrogens with one attached hydrogen (secondary N) is 1. The summed E-state index contributed by atoms with van der Waals surface area (Å²) in [6.07, 6.45) is 2.82. The molecule has 2 rings (SSSR count). The Kier molecular flexibility index (Phi) is 5.05. The monoisotopic (exact) mass is 348 g/mol. The van der Waals surface area contributed by atoms with Crippen LogP contribution in [0.15, 0.2) is 53.3 Å². The van der Waals surface area contributed by atoms with Gasteiger partial charge >= 0.3 is 5.97 Å². The summed E-state index contributed by atoms with van der Waals surface area (Å²) in [6, 6.07) is 9.88. The zero-order valence-electron chi connectivity index (χ0n) is 11.0. The maximum absolute atomic E-state index is 12.1. The molecule has 0 radical (unpaired) electrons. The Morgan fingerprint density at radius 2 is 2.10 bits per heavy atom. The van der Waals surface area contributed by atoms with Crippen molar-refractivity contribution < 1.29 is 14.7 Å². The molecule has 2 aromatic rings.